The maximum Gasteiger partial charge on any atom is 0.266 e. The molecule has 1 saturated heterocycles. The number of nitrogens with zero attached hydrogens (tertiary/aromatic N) is 6. The number of aromatic amines is 1. The Morgan fingerprint density at radius 2 is 2.12 bits per heavy atom. The smallest absolute Gasteiger partial charge is 0.266 e. The summed E-state index contributed by atoms with van der Waals surface area (Å²) in [6, 6.07) is 4.79. The van der Waals surface area contributed by atoms with Gasteiger partial charge < -0.3 is 21.3 Å². The lowest BCUT2D eigenvalue weighted by molar-refractivity contribution is -0.117. The molecule has 1 unspecified atom stereocenters. The normalized spacial score (nSPS) is 15.8. The van der Waals surface area contributed by atoms with Crippen molar-refractivity contribution in [2.75, 3.05) is 22.1 Å². The van der Waals surface area contributed by atoms with Crippen molar-refractivity contribution in [3.05, 3.63) is 40.7 Å². The molecule has 13 heteroatoms. The van der Waals surface area contributed by atoms with Crippen LogP contribution in [0.2, 0.25) is 0 Å². The number of amides is 2. The minimum absolute atomic E-state index is 0.131. The molecule has 0 aliphatic carbocycles. The number of primary amides is 1. The molecule has 5 heterocycles. The van der Waals surface area contributed by atoms with Crippen LogP contribution in [0.1, 0.15) is 33.9 Å². The molecular formula is C20H22N10O2S. The Morgan fingerprint density at radius 1 is 1.27 bits per heavy atom. The van der Waals surface area contributed by atoms with Gasteiger partial charge in [-0.15, -0.1) is 11.3 Å². The number of carbonyl (C=O) groups excluding carboxylic acids is 2. The summed E-state index contributed by atoms with van der Waals surface area (Å²) in [7, 11) is 0. The predicted octanol–water partition coefficient (Wildman–Crippen LogP) is 1.98. The molecule has 4 aromatic rings. The fourth-order valence-corrected chi connectivity index (χ4v) is 4.57. The zero-order chi connectivity index (χ0) is 23.1. The molecule has 0 spiro atoms. The van der Waals surface area contributed by atoms with Crippen LogP contribution in [0.3, 0.4) is 0 Å². The van der Waals surface area contributed by atoms with Crippen molar-refractivity contribution in [3.63, 3.8) is 0 Å². The van der Waals surface area contributed by atoms with Gasteiger partial charge in [-0.2, -0.15) is 15.1 Å². The molecule has 1 atom stereocenters. The molecule has 4 aromatic heterocycles. The van der Waals surface area contributed by atoms with Crippen LogP contribution in [0.15, 0.2) is 24.4 Å². The summed E-state index contributed by atoms with van der Waals surface area (Å²) >= 11 is 1.46. The topological polar surface area (TPSA) is 159 Å². The van der Waals surface area contributed by atoms with E-state index in [1.54, 1.807) is 4.40 Å². The summed E-state index contributed by atoms with van der Waals surface area (Å²) in [5.41, 5.74) is 7.04. The third-order valence-electron chi connectivity index (χ3n) is 5.53. The van der Waals surface area contributed by atoms with E-state index in [4.69, 9.17) is 5.73 Å². The van der Waals surface area contributed by atoms with E-state index in [1.165, 1.54) is 17.4 Å². The molecule has 0 bridgehead atoms. The zero-order valence-electron chi connectivity index (χ0n) is 18.0. The maximum atomic E-state index is 13.1. The van der Waals surface area contributed by atoms with Crippen LogP contribution in [0.25, 0.3) is 5.65 Å². The van der Waals surface area contributed by atoms with Gasteiger partial charge in [0.25, 0.3) is 5.91 Å². The molecule has 5 N–H and O–H groups in total. The second-order valence-corrected chi connectivity index (χ2v) is 8.94. The van der Waals surface area contributed by atoms with E-state index < -0.39 is 11.9 Å². The second kappa shape index (κ2) is 8.16. The van der Waals surface area contributed by atoms with Crippen molar-refractivity contribution in [1.82, 2.24) is 29.5 Å². The summed E-state index contributed by atoms with van der Waals surface area (Å²) in [4.78, 5) is 41.1. The molecule has 1 aliphatic heterocycles. The van der Waals surface area contributed by atoms with Crippen LogP contribution in [0.5, 0.6) is 0 Å². The number of aromatic nitrogens is 6. The highest BCUT2D eigenvalue weighted by molar-refractivity contribution is 7.15. The monoisotopic (exact) mass is 466 g/mol. The van der Waals surface area contributed by atoms with E-state index in [1.807, 2.05) is 37.1 Å². The summed E-state index contributed by atoms with van der Waals surface area (Å²) in [6.45, 7) is 4.55. The Hall–Kier alpha value is -4.00. The zero-order valence-corrected chi connectivity index (χ0v) is 18.8. The third kappa shape index (κ3) is 3.98. The summed E-state index contributed by atoms with van der Waals surface area (Å²) in [5.74, 6) is 0.515. The van der Waals surface area contributed by atoms with E-state index >= 15 is 0 Å². The minimum Gasteiger partial charge on any atom is -0.364 e. The van der Waals surface area contributed by atoms with Crippen LogP contribution < -0.4 is 21.3 Å². The number of thiazole rings is 1. The van der Waals surface area contributed by atoms with Gasteiger partial charge >= 0.3 is 0 Å². The van der Waals surface area contributed by atoms with Crippen LogP contribution in [0.4, 0.5) is 22.8 Å². The van der Waals surface area contributed by atoms with E-state index in [0.29, 0.717) is 41.5 Å². The number of anilines is 4. The van der Waals surface area contributed by atoms with Crippen molar-refractivity contribution < 1.29 is 9.59 Å². The average molecular weight is 467 g/mol. The third-order valence-corrected chi connectivity index (χ3v) is 6.52. The molecule has 1 fully saturated rings. The Balaban J connectivity index is 1.43. The number of hydrogen-bond donors (Lipinski definition) is 4. The summed E-state index contributed by atoms with van der Waals surface area (Å²) in [6.07, 6.45) is 3.34. The van der Waals surface area contributed by atoms with Crippen molar-refractivity contribution in [2.45, 2.75) is 32.7 Å². The minimum atomic E-state index is -0.610. The lowest BCUT2D eigenvalue weighted by Gasteiger charge is -2.24. The first-order chi connectivity index (χ1) is 15.9. The Morgan fingerprint density at radius 3 is 2.85 bits per heavy atom. The highest BCUT2D eigenvalue weighted by Gasteiger charge is 2.33. The first-order valence-corrected chi connectivity index (χ1v) is 11.2. The molecule has 0 saturated carbocycles. The standard InChI is InChI=1S/C20H22N10O2S/c1-10-11(2)33-20(22-10)25-17(32)13-5-3-7-29(13)19-24-15-6-4-8-30(15)18(26-19)23-14-9-12(16(21)31)27-28-14/h4,6,8-9,13H,3,5,7H2,1-2H3,(H2,21,31)(H,22,25,32)(H2,23,24,26,27,28). The van der Waals surface area contributed by atoms with Crippen molar-refractivity contribution in [3.8, 4) is 0 Å². The number of nitrogens with one attached hydrogen (secondary N) is 3. The van der Waals surface area contributed by atoms with Gasteiger partial charge in [-0.1, -0.05) is 0 Å². The van der Waals surface area contributed by atoms with Gasteiger partial charge in [-0.3, -0.25) is 19.1 Å². The van der Waals surface area contributed by atoms with Gasteiger partial charge in [-0.05, 0) is 38.8 Å². The lowest BCUT2D eigenvalue weighted by Crippen LogP contribution is -2.40. The number of rotatable bonds is 6. The fraction of sp³-hybridized carbons (Fsp3) is 0.300. The van der Waals surface area contributed by atoms with E-state index in [9.17, 15) is 9.59 Å². The molecule has 2 amide bonds. The number of fused-ring (bicyclic) bond motifs is 1. The Kier molecular flexibility index (Phi) is 5.17. The Bertz CT molecular complexity index is 1340. The SMILES string of the molecule is Cc1nc(NC(=O)C2CCCN2c2nc(Nc3cc(C(N)=O)[nH]n3)n3cccc3n2)sc1C. The molecule has 0 radical (unpaired) electrons. The Labute approximate surface area is 192 Å². The number of aryl methyl sites for hydroxylation is 2. The maximum absolute atomic E-state index is 13.1. The summed E-state index contributed by atoms with van der Waals surface area (Å²) < 4.78 is 1.76. The molecule has 12 nitrogen and oxygen atoms in total. The van der Waals surface area contributed by atoms with Crippen LogP contribution in [-0.2, 0) is 4.79 Å². The van der Waals surface area contributed by atoms with Crippen molar-refractivity contribution in [2.24, 2.45) is 5.73 Å². The largest absolute Gasteiger partial charge is 0.364 e. The highest BCUT2D eigenvalue weighted by atomic mass is 32.1. The fourth-order valence-electron chi connectivity index (χ4n) is 3.75. The van der Waals surface area contributed by atoms with Crippen molar-refractivity contribution in [1.29, 1.82) is 0 Å². The lowest BCUT2D eigenvalue weighted by atomic mass is 10.2. The number of H-pyrrole nitrogens is 1. The molecule has 5 rings (SSSR count). The number of nitrogens with two attached hydrogens (primary N) is 1. The van der Waals surface area contributed by atoms with E-state index in [2.05, 4.69) is 35.8 Å². The van der Waals surface area contributed by atoms with Crippen molar-refractivity contribution >= 4 is 51.6 Å². The summed E-state index contributed by atoms with van der Waals surface area (Å²) in [5, 5.41) is 13.3. The van der Waals surface area contributed by atoms with Crippen LogP contribution in [-0.4, -0.2) is 54.0 Å². The second-order valence-electron chi connectivity index (χ2n) is 7.74. The van der Waals surface area contributed by atoms with Gasteiger partial charge in [0, 0.05) is 23.7 Å². The van der Waals surface area contributed by atoms with Gasteiger partial charge in [0.05, 0.1) is 5.69 Å². The first-order valence-electron chi connectivity index (χ1n) is 10.4. The van der Waals surface area contributed by atoms with E-state index in [-0.39, 0.29) is 11.6 Å². The highest BCUT2D eigenvalue weighted by Crippen LogP contribution is 2.28. The quantitative estimate of drug-likeness (QED) is 0.336. The van der Waals surface area contributed by atoms with Gasteiger partial charge in [0.2, 0.25) is 17.8 Å². The van der Waals surface area contributed by atoms with Gasteiger partial charge in [-0.25, -0.2) is 4.98 Å². The van der Waals surface area contributed by atoms with Gasteiger partial charge in [0.1, 0.15) is 17.4 Å². The molecule has 170 valence electrons. The number of carbonyl (C=O) groups is 2. The van der Waals surface area contributed by atoms with Gasteiger partial charge in [0.15, 0.2) is 10.9 Å². The molecular weight excluding hydrogens is 444 g/mol. The first kappa shape index (κ1) is 20.9. The molecule has 33 heavy (non-hydrogen) atoms. The van der Waals surface area contributed by atoms with Crippen LogP contribution >= 0.6 is 11.3 Å². The molecule has 1 aliphatic rings. The van der Waals surface area contributed by atoms with E-state index in [0.717, 1.165) is 17.0 Å². The number of hydrogen-bond acceptors (Lipinski definition) is 9. The van der Waals surface area contributed by atoms with Crippen LogP contribution in [0, 0.1) is 13.8 Å². The predicted molar refractivity (Wildman–Crippen MR) is 124 cm³/mol. The molecule has 0 aromatic carbocycles. The average Bonchev–Trinajstić information content (AvgIpc) is 3.55.